The number of rotatable bonds is 2. The van der Waals surface area contributed by atoms with Crippen molar-refractivity contribution in [3.63, 3.8) is 0 Å². The molecule has 1 aliphatic heterocycles. The lowest BCUT2D eigenvalue weighted by atomic mass is 10.1. The van der Waals surface area contributed by atoms with Gasteiger partial charge in [0.05, 0.1) is 17.5 Å². The molecular weight excluding hydrogens is 276 g/mol. The molecule has 0 atom stereocenters. The number of hydrogen-bond acceptors (Lipinski definition) is 5. The van der Waals surface area contributed by atoms with Crippen LogP contribution < -0.4 is 5.73 Å². The zero-order valence-corrected chi connectivity index (χ0v) is 11.1. The molecule has 0 spiro atoms. The second-order valence-corrected chi connectivity index (χ2v) is 5.40. The Morgan fingerprint density at radius 3 is 2.60 bits per heavy atom. The van der Waals surface area contributed by atoms with E-state index in [2.05, 4.69) is 0 Å². The lowest BCUT2D eigenvalue weighted by molar-refractivity contribution is -0.125. The molecule has 0 radical (unpaired) electrons. The molecule has 6 heteroatoms. The van der Waals surface area contributed by atoms with Crippen molar-refractivity contribution in [3.8, 4) is 0 Å². The minimum absolute atomic E-state index is 0.0308. The first-order chi connectivity index (χ1) is 9.59. The normalized spacial score (nSPS) is 13.7. The summed E-state index contributed by atoms with van der Waals surface area (Å²) >= 11 is 1.40. The Balaban J connectivity index is 1.94. The number of carbonyl (C=O) groups is 3. The van der Waals surface area contributed by atoms with Crippen molar-refractivity contribution in [2.45, 2.75) is 6.42 Å². The smallest absolute Gasteiger partial charge is 0.270 e. The van der Waals surface area contributed by atoms with Crippen LogP contribution in [-0.4, -0.2) is 22.6 Å². The van der Waals surface area contributed by atoms with Gasteiger partial charge in [-0.3, -0.25) is 14.4 Å². The maximum Gasteiger partial charge on any atom is 0.270 e. The topological polar surface area (TPSA) is 80.5 Å². The van der Waals surface area contributed by atoms with Crippen LogP contribution in [0.5, 0.6) is 0 Å². The molecule has 2 N–H and O–H groups in total. The third-order valence-electron chi connectivity index (χ3n) is 3.10. The molecule has 5 nitrogen and oxygen atoms in total. The van der Waals surface area contributed by atoms with Gasteiger partial charge in [-0.25, -0.2) is 4.90 Å². The summed E-state index contributed by atoms with van der Waals surface area (Å²) in [6, 6.07) is 8.23. The second-order valence-electron chi connectivity index (χ2n) is 4.37. The molecule has 0 aliphatic carbocycles. The van der Waals surface area contributed by atoms with Gasteiger partial charge in [0.1, 0.15) is 0 Å². The molecule has 3 amide bonds. The molecule has 0 saturated heterocycles. The van der Waals surface area contributed by atoms with Crippen LogP contribution in [0.4, 0.5) is 5.69 Å². The summed E-state index contributed by atoms with van der Waals surface area (Å²) < 4.78 is 0. The molecular formula is C14H10N2O3S. The molecule has 0 saturated carbocycles. The number of hydrogen-bond donors (Lipinski definition) is 1. The summed E-state index contributed by atoms with van der Waals surface area (Å²) in [4.78, 5) is 38.0. The summed E-state index contributed by atoms with van der Waals surface area (Å²) in [6.45, 7) is 0. The monoisotopic (exact) mass is 286 g/mol. The molecule has 20 heavy (non-hydrogen) atoms. The van der Waals surface area contributed by atoms with Gasteiger partial charge in [0.25, 0.3) is 11.8 Å². The lowest BCUT2D eigenvalue weighted by Gasteiger charge is -2.10. The largest absolute Gasteiger partial charge is 0.398 e. The Hall–Kier alpha value is -2.47. The van der Waals surface area contributed by atoms with Crippen LogP contribution in [0.15, 0.2) is 35.7 Å². The molecule has 1 aromatic carbocycles. The number of nitrogens with two attached hydrogens (primary N) is 1. The molecule has 2 aromatic rings. The highest BCUT2D eigenvalue weighted by Gasteiger charge is 2.40. The van der Waals surface area contributed by atoms with Crippen LogP contribution in [0.2, 0.25) is 0 Å². The number of amides is 3. The molecule has 2 heterocycles. The molecule has 3 rings (SSSR count). The van der Waals surface area contributed by atoms with Crippen LogP contribution in [0.25, 0.3) is 0 Å². The van der Waals surface area contributed by atoms with Crippen molar-refractivity contribution in [3.05, 3.63) is 51.7 Å². The van der Waals surface area contributed by atoms with E-state index in [1.807, 2.05) is 11.4 Å². The van der Waals surface area contributed by atoms with Crippen LogP contribution in [0, 0.1) is 0 Å². The van der Waals surface area contributed by atoms with Crippen molar-refractivity contribution >= 4 is 34.7 Å². The summed E-state index contributed by atoms with van der Waals surface area (Å²) in [5, 5.41) is 1.84. The Morgan fingerprint density at radius 1 is 1.15 bits per heavy atom. The van der Waals surface area contributed by atoms with Gasteiger partial charge >= 0.3 is 0 Å². The number of carbonyl (C=O) groups excluding carboxylic acids is 3. The van der Waals surface area contributed by atoms with E-state index in [-0.39, 0.29) is 23.2 Å². The minimum Gasteiger partial charge on any atom is -0.398 e. The second kappa shape index (κ2) is 4.57. The summed E-state index contributed by atoms with van der Waals surface area (Å²) in [5.41, 5.74) is 6.24. The highest BCUT2D eigenvalue weighted by atomic mass is 32.1. The maximum atomic E-state index is 12.2. The summed E-state index contributed by atoms with van der Waals surface area (Å²) in [5.74, 6) is -1.76. The standard InChI is InChI=1S/C14H10N2O3S/c15-10-5-1-4-9-12(10)14(19)16(13(9)18)11(17)7-8-3-2-6-20-8/h1-6H,7,15H2. The Morgan fingerprint density at radius 2 is 1.95 bits per heavy atom. The van der Waals surface area contributed by atoms with Crippen molar-refractivity contribution in [2.24, 2.45) is 0 Å². The van der Waals surface area contributed by atoms with Gasteiger partial charge in [-0.15, -0.1) is 11.3 Å². The van der Waals surface area contributed by atoms with Gasteiger partial charge in [-0.1, -0.05) is 12.1 Å². The van der Waals surface area contributed by atoms with Gasteiger partial charge < -0.3 is 5.73 Å². The molecule has 0 unspecified atom stereocenters. The molecule has 0 fully saturated rings. The first kappa shape index (κ1) is 12.6. The fourth-order valence-electron chi connectivity index (χ4n) is 2.18. The number of benzene rings is 1. The number of thiophene rings is 1. The van der Waals surface area contributed by atoms with E-state index in [9.17, 15) is 14.4 Å². The van der Waals surface area contributed by atoms with E-state index in [0.717, 1.165) is 4.88 Å². The van der Waals surface area contributed by atoms with Crippen molar-refractivity contribution < 1.29 is 14.4 Å². The third-order valence-corrected chi connectivity index (χ3v) is 3.98. The zero-order chi connectivity index (χ0) is 14.3. The number of imide groups is 3. The van der Waals surface area contributed by atoms with Gasteiger partial charge in [0.2, 0.25) is 5.91 Å². The number of nitrogen functional groups attached to an aromatic ring is 1. The lowest BCUT2D eigenvalue weighted by Crippen LogP contribution is -2.37. The van der Waals surface area contributed by atoms with Gasteiger partial charge in [-0.2, -0.15) is 0 Å². The first-order valence-electron chi connectivity index (χ1n) is 5.92. The molecule has 0 bridgehead atoms. The summed E-state index contributed by atoms with van der Waals surface area (Å²) in [7, 11) is 0. The minimum atomic E-state index is -0.635. The van der Waals surface area contributed by atoms with Crippen molar-refractivity contribution in [1.29, 1.82) is 0 Å². The fourth-order valence-corrected chi connectivity index (χ4v) is 2.88. The van der Waals surface area contributed by atoms with Crippen LogP contribution in [0.1, 0.15) is 25.6 Å². The Bertz CT molecular complexity index is 722. The number of anilines is 1. The highest BCUT2D eigenvalue weighted by Crippen LogP contribution is 2.28. The van der Waals surface area contributed by atoms with E-state index < -0.39 is 17.7 Å². The zero-order valence-electron chi connectivity index (χ0n) is 10.3. The van der Waals surface area contributed by atoms with Crippen molar-refractivity contribution in [1.82, 2.24) is 4.90 Å². The SMILES string of the molecule is Nc1cccc2c1C(=O)N(C(=O)Cc1cccs1)C2=O. The third kappa shape index (κ3) is 1.81. The van der Waals surface area contributed by atoms with E-state index in [4.69, 9.17) is 5.73 Å². The average Bonchev–Trinajstić information content (AvgIpc) is 2.98. The number of nitrogens with zero attached hydrogens (tertiary/aromatic N) is 1. The summed E-state index contributed by atoms with van der Waals surface area (Å²) in [6.07, 6.45) is 0.0308. The van der Waals surface area contributed by atoms with Crippen LogP contribution in [-0.2, 0) is 11.2 Å². The van der Waals surface area contributed by atoms with Gasteiger partial charge in [0, 0.05) is 10.6 Å². The average molecular weight is 286 g/mol. The van der Waals surface area contributed by atoms with E-state index in [1.54, 1.807) is 12.1 Å². The predicted octanol–water partition coefficient (Wildman–Crippen LogP) is 1.70. The molecule has 100 valence electrons. The molecule has 1 aliphatic rings. The number of fused-ring (bicyclic) bond motifs is 1. The Labute approximate surface area is 118 Å². The maximum absolute atomic E-state index is 12.2. The predicted molar refractivity (Wildman–Crippen MR) is 74.4 cm³/mol. The van der Waals surface area contributed by atoms with Crippen molar-refractivity contribution in [2.75, 3.05) is 5.73 Å². The quantitative estimate of drug-likeness (QED) is 0.673. The highest BCUT2D eigenvalue weighted by molar-refractivity contribution is 7.10. The van der Waals surface area contributed by atoms with E-state index in [1.165, 1.54) is 23.5 Å². The van der Waals surface area contributed by atoms with Crippen LogP contribution in [0.3, 0.4) is 0 Å². The first-order valence-corrected chi connectivity index (χ1v) is 6.80. The fraction of sp³-hybridized carbons (Fsp3) is 0.0714. The Kier molecular flexibility index (Phi) is 2.87. The van der Waals surface area contributed by atoms with E-state index >= 15 is 0 Å². The van der Waals surface area contributed by atoms with Gasteiger partial charge in [0.15, 0.2) is 0 Å². The van der Waals surface area contributed by atoms with Gasteiger partial charge in [-0.05, 0) is 23.6 Å². The van der Waals surface area contributed by atoms with Crippen LogP contribution >= 0.6 is 11.3 Å². The van der Waals surface area contributed by atoms with E-state index in [0.29, 0.717) is 4.90 Å². The molecule has 1 aromatic heterocycles.